The molecule has 0 aliphatic heterocycles. The first-order valence-electron chi connectivity index (χ1n) is 12.2. The van der Waals surface area contributed by atoms with E-state index in [4.69, 9.17) is 9.47 Å². The summed E-state index contributed by atoms with van der Waals surface area (Å²) in [5.74, 6) is 0.0800. The highest BCUT2D eigenvalue weighted by atomic mass is 16.7. The van der Waals surface area contributed by atoms with Crippen LogP contribution in [0.15, 0.2) is 23.9 Å². The minimum atomic E-state index is -1.23. The van der Waals surface area contributed by atoms with Gasteiger partial charge in [-0.1, -0.05) is 13.0 Å². The van der Waals surface area contributed by atoms with Gasteiger partial charge >= 0.3 is 0 Å². The zero-order valence-electron chi connectivity index (χ0n) is 20.6. The molecule has 10 heteroatoms. The van der Waals surface area contributed by atoms with E-state index in [-0.39, 0.29) is 36.8 Å². The first kappa shape index (κ1) is 28.4. The molecule has 0 saturated heterocycles. The number of nitrogens with zero attached hydrogens (tertiary/aromatic N) is 1. The number of allylic oxidation sites excluding steroid dienone is 3. The number of carbonyl (C=O) groups is 1. The molecule has 10 nitrogen and oxygen atoms in total. The molecule has 2 aliphatic rings. The van der Waals surface area contributed by atoms with E-state index in [9.17, 15) is 25.2 Å². The predicted molar refractivity (Wildman–Crippen MR) is 126 cm³/mol. The molecule has 4 atom stereocenters. The van der Waals surface area contributed by atoms with Crippen LogP contribution < -0.4 is 10.8 Å². The van der Waals surface area contributed by atoms with Crippen LogP contribution in [0.25, 0.3) is 0 Å². The van der Waals surface area contributed by atoms with Crippen LogP contribution in [-0.2, 0) is 14.3 Å². The summed E-state index contributed by atoms with van der Waals surface area (Å²) >= 11 is 0. The van der Waals surface area contributed by atoms with Crippen LogP contribution in [0.2, 0.25) is 0 Å². The van der Waals surface area contributed by atoms with Gasteiger partial charge in [-0.25, -0.2) is 0 Å². The maximum absolute atomic E-state index is 13.1. The fourth-order valence-corrected chi connectivity index (χ4v) is 4.84. The summed E-state index contributed by atoms with van der Waals surface area (Å²) in [5, 5.41) is 34.1. The van der Waals surface area contributed by atoms with Crippen LogP contribution in [0.1, 0.15) is 65.7 Å². The average molecular weight is 484 g/mol. The molecular formula is C24H41N3O7. The Morgan fingerprint density at radius 1 is 1.32 bits per heavy atom. The number of carbonyl (C=O) groups excluding carboxylic acids is 1. The number of ether oxygens (including phenoxy) is 2. The van der Waals surface area contributed by atoms with Crippen LogP contribution in [0.5, 0.6) is 0 Å². The maximum atomic E-state index is 13.1. The molecule has 1 fully saturated rings. The average Bonchev–Trinajstić information content (AvgIpc) is 2.81. The van der Waals surface area contributed by atoms with Gasteiger partial charge in [-0.05, 0) is 76.7 Å². The van der Waals surface area contributed by atoms with E-state index < -0.39 is 22.6 Å². The molecule has 1 amide bonds. The van der Waals surface area contributed by atoms with Crippen molar-refractivity contribution >= 4 is 5.91 Å². The Morgan fingerprint density at radius 2 is 2.03 bits per heavy atom. The van der Waals surface area contributed by atoms with E-state index in [2.05, 4.69) is 12.2 Å². The largest absolute Gasteiger partial charge is 0.376 e. The molecule has 4 N–H and O–H groups in total. The SMILES string of the molecule is CCOCOC[C@](C)(C[C@H](CC1C=CC([N+](=O)[O-])=CC1)C(O)NO)NC(=O)C1CCC(C)CC1. The molecule has 194 valence electrons. The summed E-state index contributed by atoms with van der Waals surface area (Å²) in [4.78, 5) is 23.6. The molecule has 0 radical (unpaired) electrons. The van der Waals surface area contributed by atoms with Crippen molar-refractivity contribution in [1.82, 2.24) is 10.8 Å². The Hall–Kier alpha value is -1.85. The number of hydrogen-bond acceptors (Lipinski definition) is 8. The second-order valence-corrected chi connectivity index (χ2v) is 9.98. The summed E-state index contributed by atoms with van der Waals surface area (Å²) in [6.45, 7) is 6.73. The smallest absolute Gasteiger partial charge is 0.265 e. The second-order valence-electron chi connectivity index (χ2n) is 9.98. The Morgan fingerprint density at radius 3 is 2.59 bits per heavy atom. The summed E-state index contributed by atoms with van der Waals surface area (Å²) in [6.07, 6.45) is 8.59. The summed E-state index contributed by atoms with van der Waals surface area (Å²) in [7, 11) is 0. The van der Waals surface area contributed by atoms with Crippen LogP contribution in [0.4, 0.5) is 0 Å². The Bertz CT molecular complexity index is 721. The van der Waals surface area contributed by atoms with Crippen molar-refractivity contribution in [3.05, 3.63) is 34.0 Å². The lowest BCUT2D eigenvalue weighted by Crippen LogP contribution is -2.54. The lowest BCUT2D eigenvalue weighted by atomic mass is 9.79. The quantitative estimate of drug-likeness (QED) is 0.128. The molecule has 0 aromatic heterocycles. The molecule has 2 rings (SSSR count). The van der Waals surface area contributed by atoms with Gasteiger partial charge < -0.3 is 25.1 Å². The highest BCUT2D eigenvalue weighted by Gasteiger charge is 2.36. The topological polar surface area (TPSA) is 143 Å². The van der Waals surface area contributed by atoms with Crippen molar-refractivity contribution in [3.63, 3.8) is 0 Å². The number of amides is 1. The first-order chi connectivity index (χ1) is 16.2. The number of nitro groups is 1. The van der Waals surface area contributed by atoms with E-state index in [0.717, 1.165) is 25.7 Å². The summed E-state index contributed by atoms with van der Waals surface area (Å²) < 4.78 is 11.0. The van der Waals surface area contributed by atoms with E-state index >= 15 is 0 Å². The van der Waals surface area contributed by atoms with Crippen molar-refractivity contribution in [2.75, 3.05) is 20.0 Å². The van der Waals surface area contributed by atoms with E-state index in [1.807, 2.05) is 19.3 Å². The fraction of sp³-hybridized carbons (Fsp3) is 0.792. The molecule has 0 spiro atoms. The molecule has 0 aromatic carbocycles. The van der Waals surface area contributed by atoms with Crippen LogP contribution in [0, 0.1) is 33.8 Å². The Kier molecular flexibility index (Phi) is 11.6. The van der Waals surface area contributed by atoms with E-state index in [1.165, 1.54) is 6.08 Å². The van der Waals surface area contributed by atoms with Crippen LogP contribution in [-0.4, -0.2) is 52.9 Å². The third-order valence-electron chi connectivity index (χ3n) is 6.88. The molecule has 0 heterocycles. The van der Waals surface area contributed by atoms with E-state index in [1.54, 1.807) is 12.2 Å². The van der Waals surface area contributed by atoms with E-state index in [0.29, 0.717) is 31.8 Å². The minimum Gasteiger partial charge on any atom is -0.376 e. The maximum Gasteiger partial charge on any atom is 0.265 e. The third kappa shape index (κ3) is 9.07. The molecule has 0 bridgehead atoms. The normalized spacial score (nSPS) is 26.3. The predicted octanol–water partition coefficient (Wildman–Crippen LogP) is 3.13. The Balaban J connectivity index is 2.10. The molecule has 34 heavy (non-hydrogen) atoms. The fourth-order valence-electron chi connectivity index (χ4n) is 4.84. The standard InChI is InChI=1S/C24H41N3O7/c1-4-33-16-34-15-24(3,25-22(28)19-9-5-17(2)6-10-19)14-20(23(29)26-30)13-18-7-11-21(12-8-18)27(31)32/h7,11-12,17-20,23,26,29-30H,4-6,8-10,13-16H2,1-3H3,(H,25,28)/t17?,18?,19?,20-,23?,24-/m0/s1. The summed E-state index contributed by atoms with van der Waals surface area (Å²) in [5.41, 5.74) is 1.18. The number of rotatable bonds is 14. The van der Waals surface area contributed by atoms with Gasteiger partial charge in [0.2, 0.25) is 5.91 Å². The van der Waals surface area contributed by atoms with Gasteiger partial charge in [-0.2, -0.15) is 5.48 Å². The monoisotopic (exact) mass is 483 g/mol. The molecule has 0 aromatic rings. The molecule has 1 saturated carbocycles. The molecule has 2 unspecified atom stereocenters. The zero-order chi connectivity index (χ0) is 25.1. The highest BCUT2D eigenvalue weighted by Crippen LogP contribution is 2.32. The third-order valence-corrected chi connectivity index (χ3v) is 6.88. The van der Waals surface area contributed by atoms with Gasteiger partial charge in [0.05, 0.1) is 17.1 Å². The highest BCUT2D eigenvalue weighted by molar-refractivity contribution is 5.79. The molecular weight excluding hydrogens is 442 g/mol. The number of aliphatic hydroxyl groups is 1. The van der Waals surface area contributed by atoms with Crippen molar-refractivity contribution in [2.45, 2.75) is 77.5 Å². The van der Waals surface area contributed by atoms with Crippen molar-refractivity contribution < 1.29 is 29.5 Å². The van der Waals surface area contributed by atoms with Gasteiger partial charge in [0.25, 0.3) is 5.70 Å². The van der Waals surface area contributed by atoms with Gasteiger partial charge in [0.15, 0.2) is 0 Å². The Labute approximate surface area is 201 Å². The van der Waals surface area contributed by atoms with Gasteiger partial charge in [0.1, 0.15) is 13.0 Å². The molecule has 2 aliphatic carbocycles. The van der Waals surface area contributed by atoms with Gasteiger partial charge in [0, 0.05) is 24.5 Å². The zero-order valence-corrected chi connectivity index (χ0v) is 20.6. The van der Waals surface area contributed by atoms with Gasteiger partial charge in [-0.15, -0.1) is 0 Å². The van der Waals surface area contributed by atoms with Crippen molar-refractivity contribution in [1.29, 1.82) is 0 Å². The first-order valence-corrected chi connectivity index (χ1v) is 12.2. The minimum absolute atomic E-state index is 0.0178. The number of nitrogens with one attached hydrogen (secondary N) is 2. The summed E-state index contributed by atoms with van der Waals surface area (Å²) in [6, 6.07) is 0. The van der Waals surface area contributed by atoms with Crippen molar-refractivity contribution in [3.8, 4) is 0 Å². The lowest BCUT2D eigenvalue weighted by Gasteiger charge is -2.38. The number of hydroxylamine groups is 1. The number of aliphatic hydroxyl groups excluding tert-OH is 1. The second kappa shape index (κ2) is 13.9. The van der Waals surface area contributed by atoms with Gasteiger partial charge in [-0.3, -0.25) is 14.9 Å². The van der Waals surface area contributed by atoms with Crippen LogP contribution in [0.3, 0.4) is 0 Å². The lowest BCUT2D eigenvalue weighted by molar-refractivity contribution is -0.419. The van der Waals surface area contributed by atoms with Crippen LogP contribution >= 0.6 is 0 Å². The number of hydrogen-bond donors (Lipinski definition) is 4. The van der Waals surface area contributed by atoms with Crippen molar-refractivity contribution in [2.24, 2.45) is 23.7 Å².